The maximum absolute atomic E-state index is 11.5. The van der Waals surface area contributed by atoms with E-state index >= 15 is 0 Å². The molecule has 1 N–H and O–H groups in total. The molecule has 0 spiro atoms. The number of hydrogen-bond acceptors (Lipinski definition) is 3. The van der Waals surface area contributed by atoms with E-state index in [1.807, 2.05) is 6.92 Å². The highest BCUT2D eigenvalue weighted by molar-refractivity contribution is 5.85. The molecule has 3 aliphatic rings. The number of carbonyl (C=O) groups is 1. The molecule has 5 atom stereocenters. The zero-order chi connectivity index (χ0) is 9.00. The first-order chi connectivity index (χ1) is 6.31. The van der Waals surface area contributed by atoms with E-state index in [4.69, 9.17) is 4.74 Å². The van der Waals surface area contributed by atoms with Gasteiger partial charge in [0.2, 0.25) is 0 Å². The second-order valence-electron chi connectivity index (χ2n) is 4.47. The molecule has 0 aromatic heterocycles. The summed E-state index contributed by atoms with van der Waals surface area (Å²) < 4.78 is 5.04. The topological polar surface area (TPSA) is 38.3 Å². The molecule has 1 saturated heterocycles. The van der Waals surface area contributed by atoms with Gasteiger partial charge in [-0.2, -0.15) is 0 Å². The van der Waals surface area contributed by atoms with Gasteiger partial charge in [-0.05, 0) is 37.5 Å². The molecular weight excluding hydrogens is 202 g/mol. The van der Waals surface area contributed by atoms with E-state index in [0.29, 0.717) is 18.6 Å². The quantitative estimate of drug-likeness (QED) is 0.701. The van der Waals surface area contributed by atoms with Crippen LogP contribution in [-0.4, -0.2) is 24.7 Å². The van der Waals surface area contributed by atoms with Crippen molar-refractivity contribution in [3.8, 4) is 0 Å². The molecule has 2 saturated carbocycles. The summed E-state index contributed by atoms with van der Waals surface area (Å²) >= 11 is 0. The van der Waals surface area contributed by atoms with Gasteiger partial charge in [-0.1, -0.05) is 0 Å². The molecule has 3 nitrogen and oxygen atoms in total. The van der Waals surface area contributed by atoms with Crippen molar-refractivity contribution in [3.05, 3.63) is 0 Å². The molecule has 3 fully saturated rings. The number of hydrogen-bond donors (Lipinski definition) is 1. The van der Waals surface area contributed by atoms with Crippen LogP contribution in [0.4, 0.5) is 0 Å². The molecule has 0 aromatic rings. The van der Waals surface area contributed by atoms with Crippen molar-refractivity contribution in [3.63, 3.8) is 0 Å². The minimum absolute atomic E-state index is 0. The van der Waals surface area contributed by atoms with Crippen LogP contribution in [0.15, 0.2) is 0 Å². The Bertz CT molecular complexity index is 259. The number of ether oxygens (including phenoxy) is 1. The molecule has 2 aliphatic carbocycles. The van der Waals surface area contributed by atoms with Crippen molar-refractivity contribution >= 4 is 18.4 Å². The molecular formula is C10H16ClNO2. The van der Waals surface area contributed by atoms with Crippen LogP contribution < -0.4 is 5.32 Å². The molecule has 1 aliphatic heterocycles. The second-order valence-corrected chi connectivity index (χ2v) is 4.47. The summed E-state index contributed by atoms with van der Waals surface area (Å²) in [5.41, 5.74) is 0. The molecule has 1 heterocycles. The lowest BCUT2D eigenvalue weighted by Crippen LogP contribution is -2.43. The zero-order valence-corrected chi connectivity index (χ0v) is 9.05. The minimum atomic E-state index is -0.0275. The van der Waals surface area contributed by atoms with E-state index in [9.17, 15) is 4.79 Å². The van der Waals surface area contributed by atoms with Crippen molar-refractivity contribution in [1.82, 2.24) is 5.32 Å². The largest absolute Gasteiger partial charge is 0.465 e. The Labute approximate surface area is 90.0 Å². The van der Waals surface area contributed by atoms with Crippen molar-refractivity contribution < 1.29 is 9.53 Å². The highest BCUT2D eigenvalue weighted by Gasteiger charge is 2.62. The van der Waals surface area contributed by atoms with E-state index in [0.717, 1.165) is 11.8 Å². The summed E-state index contributed by atoms with van der Waals surface area (Å²) in [5.74, 6) is 2.31. The van der Waals surface area contributed by atoms with Gasteiger partial charge in [0.05, 0.1) is 6.61 Å². The summed E-state index contributed by atoms with van der Waals surface area (Å²) in [5, 5.41) is 3.39. The van der Waals surface area contributed by atoms with Crippen LogP contribution in [0.2, 0.25) is 0 Å². The third kappa shape index (κ3) is 1.26. The first kappa shape index (κ1) is 10.2. The van der Waals surface area contributed by atoms with Crippen LogP contribution in [0, 0.1) is 17.8 Å². The number of halogens is 1. The third-order valence-corrected chi connectivity index (χ3v) is 3.85. The van der Waals surface area contributed by atoms with Gasteiger partial charge >= 0.3 is 5.97 Å². The summed E-state index contributed by atoms with van der Waals surface area (Å²) in [4.78, 5) is 11.5. The maximum Gasteiger partial charge on any atom is 0.323 e. The molecule has 0 aromatic carbocycles. The summed E-state index contributed by atoms with van der Waals surface area (Å²) in [6, 6.07) is 0.651. The SMILES string of the molecule is CCOC(=O)C1NC2CC1C1CC21.Cl. The van der Waals surface area contributed by atoms with E-state index < -0.39 is 0 Å². The maximum atomic E-state index is 11.5. The predicted octanol–water partition coefficient (Wildman–Crippen LogP) is 0.968. The smallest absolute Gasteiger partial charge is 0.323 e. The molecule has 4 heteroatoms. The van der Waals surface area contributed by atoms with E-state index in [2.05, 4.69) is 5.32 Å². The van der Waals surface area contributed by atoms with Crippen LogP contribution in [0.25, 0.3) is 0 Å². The van der Waals surface area contributed by atoms with Gasteiger partial charge in [0.25, 0.3) is 0 Å². The molecule has 3 rings (SSSR count). The lowest BCUT2D eigenvalue weighted by atomic mass is 9.97. The monoisotopic (exact) mass is 217 g/mol. The van der Waals surface area contributed by atoms with E-state index in [1.54, 1.807) is 0 Å². The Hall–Kier alpha value is -0.280. The fourth-order valence-electron chi connectivity index (χ4n) is 3.24. The van der Waals surface area contributed by atoms with Gasteiger partial charge < -0.3 is 10.1 Å². The average molecular weight is 218 g/mol. The number of fused-ring (bicyclic) bond motifs is 5. The fourth-order valence-corrected chi connectivity index (χ4v) is 3.24. The van der Waals surface area contributed by atoms with Gasteiger partial charge in [0.1, 0.15) is 6.04 Å². The Morgan fingerprint density at radius 1 is 1.36 bits per heavy atom. The Morgan fingerprint density at radius 2 is 2.14 bits per heavy atom. The standard InChI is InChI=1S/C10H15NO2.ClH/c1-2-13-10(12)9-7-4-8(11-9)6-3-5(6)7;/h5-9,11H,2-4H2,1H3;1H. The van der Waals surface area contributed by atoms with Crippen LogP contribution in [0.5, 0.6) is 0 Å². The van der Waals surface area contributed by atoms with Gasteiger partial charge in [-0.3, -0.25) is 4.79 Å². The Kier molecular flexibility index (Phi) is 2.48. The van der Waals surface area contributed by atoms with Crippen LogP contribution in [0.1, 0.15) is 19.8 Å². The van der Waals surface area contributed by atoms with Crippen LogP contribution in [0.3, 0.4) is 0 Å². The molecule has 80 valence electrons. The van der Waals surface area contributed by atoms with Gasteiger partial charge in [0, 0.05) is 6.04 Å². The number of rotatable bonds is 2. The summed E-state index contributed by atoms with van der Waals surface area (Å²) in [6.07, 6.45) is 2.55. The second kappa shape index (κ2) is 3.38. The van der Waals surface area contributed by atoms with Gasteiger partial charge in [-0.25, -0.2) is 0 Å². The lowest BCUT2D eigenvalue weighted by molar-refractivity contribution is -0.146. The van der Waals surface area contributed by atoms with Crippen molar-refractivity contribution in [2.24, 2.45) is 17.8 Å². The molecule has 14 heavy (non-hydrogen) atoms. The molecule has 5 unspecified atom stereocenters. The average Bonchev–Trinajstić information content (AvgIpc) is 2.72. The van der Waals surface area contributed by atoms with Gasteiger partial charge in [0.15, 0.2) is 0 Å². The first-order valence-corrected chi connectivity index (χ1v) is 5.24. The fraction of sp³-hybridized carbons (Fsp3) is 0.900. The van der Waals surface area contributed by atoms with Crippen molar-refractivity contribution in [2.75, 3.05) is 6.61 Å². The number of nitrogens with one attached hydrogen (secondary N) is 1. The summed E-state index contributed by atoms with van der Waals surface area (Å²) in [7, 11) is 0. The minimum Gasteiger partial charge on any atom is -0.465 e. The molecule has 0 radical (unpaired) electrons. The molecule has 2 bridgehead atoms. The summed E-state index contributed by atoms with van der Waals surface area (Å²) in [6.45, 7) is 2.37. The van der Waals surface area contributed by atoms with E-state index in [1.165, 1.54) is 12.8 Å². The predicted molar refractivity (Wildman–Crippen MR) is 54.3 cm³/mol. The highest BCUT2D eigenvalue weighted by atomic mass is 35.5. The number of esters is 1. The third-order valence-electron chi connectivity index (χ3n) is 3.85. The van der Waals surface area contributed by atoms with Gasteiger partial charge in [-0.15, -0.1) is 12.4 Å². The Morgan fingerprint density at radius 3 is 2.71 bits per heavy atom. The molecule has 0 amide bonds. The Balaban J connectivity index is 0.000000750. The number of carbonyl (C=O) groups excluding carboxylic acids is 1. The highest BCUT2D eigenvalue weighted by Crippen LogP contribution is 2.60. The number of piperidine rings is 1. The van der Waals surface area contributed by atoms with E-state index in [-0.39, 0.29) is 24.4 Å². The zero-order valence-electron chi connectivity index (χ0n) is 8.23. The normalized spacial score (nSPS) is 46.8. The van der Waals surface area contributed by atoms with Crippen molar-refractivity contribution in [2.45, 2.75) is 31.8 Å². The van der Waals surface area contributed by atoms with Crippen LogP contribution >= 0.6 is 12.4 Å². The first-order valence-electron chi connectivity index (χ1n) is 5.24. The van der Waals surface area contributed by atoms with Crippen LogP contribution in [-0.2, 0) is 9.53 Å². The lowest BCUT2D eigenvalue weighted by Gasteiger charge is -2.20. The van der Waals surface area contributed by atoms with Crippen molar-refractivity contribution in [1.29, 1.82) is 0 Å².